The fourth-order valence-corrected chi connectivity index (χ4v) is 2.99. The number of esters is 1. The number of benzene rings is 2. The van der Waals surface area contributed by atoms with Gasteiger partial charge in [-0.25, -0.2) is 0 Å². The van der Waals surface area contributed by atoms with E-state index in [1.165, 1.54) is 0 Å². The number of rotatable bonds is 6. The lowest BCUT2D eigenvalue weighted by molar-refractivity contribution is -0.145. The van der Waals surface area contributed by atoms with E-state index in [9.17, 15) is 9.59 Å². The smallest absolute Gasteiger partial charge is 0.311 e. The molecule has 3 aromatic rings. The van der Waals surface area contributed by atoms with Gasteiger partial charge >= 0.3 is 5.97 Å². The van der Waals surface area contributed by atoms with E-state index in [2.05, 4.69) is 4.98 Å². The molecule has 5 heteroatoms. The van der Waals surface area contributed by atoms with Gasteiger partial charge in [0.1, 0.15) is 5.75 Å². The third kappa shape index (κ3) is 3.61. The molecule has 0 saturated heterocycles. The molecule has 0 saturated carbocycles. The molecule has 0 aliphatic carbocycles. The van der Waals surface area contributed by atoms with Crippen molar-refractivity contribution in [3.63, 3.8) is 0 Å². The van der Waals surface area contributed by atoms with Gasteiger partial charge in [-0.2, -0.15) is 0 Å². The summed E-state index contributed by atoms with van der Waals surface area (Å²) in [6.45, 7) is 3.53. The second kappa shape index (κ2) is 7.44. The quantitative estimate of drug-likeness (QED) is 0.541. The van der Waals surface area contributed by atoms with Crippen molar-refractivity contribution in [2.45, 2.75) is 26.4 Å². The van der Waals surface area contributed by atoms with Crippen molar-refractivity contribution in [1.29, 1.82) is 0 Å². The van der Waals surface area contributed by atoms with Crippen molar-refractivity contribution >= 4 is 22.7 Å². The molecule has 2 aromatic carbocycles. The van der Waals surface area contributed by atoms with Crippen molar-refractivity contribution < 1.29 is 19.1 Å². The zero-order valence-electron chi connectivity index (χ0n) is 15.0. The Morgan fingerprint density at radius 3 is 2.69 bits per heavy atom. The third-order valence-electron chi connectivity index (χ3n) is 4.30. The van der Waals surface area contributed by atoms with Crippen LogP contribution in [0.2, 0.25) is 0 Å². The van der Waals surface area contributed by atoms with Gasteiger partial charge in [0, 0.05) is 28.2 Å². The minimum Gasteiger partial charge on any atom is -0.496 e. The van der Waals surface area contributed by atoms with Crippen LogP contribution < -0.4 is 4.74 Å². The number of aryl methyl sites for hydroxylation is 1. The zero-order valence-corrected chi connectivity index (χ0v) is 15.0. The molecule has 5 nitrogen and oxygen atoms in total. The number of hydrogen-bond donors (Lipinski definition) is 1. The molecule has 0 aliphatic heterocycles. The highest BCUT2D eigenvalue weighted by molar-refractivity contribution is 6.10. The van der Waals surface area contributed by atoms with E-state index in [1.807, 2.05) is 49.4 Å². The number of para-hydroxylation sites is 1. The van der Waals surface area contributed by atoms with E-state index in [1.54, 1.807) is 20.2 Å². The number of ketones is 1. The molecule has 0 spiro atoms. The maximum absolute atomic E-state index is 12.7. The van der Waals surface area contributed by atoms with Crippen LogP contribution in [0.15, 0.2) is 48.7 Å². The van der Waals surface area contributed by atoms with E-state index in [0.717, 1.165) is 22.0 Å². The number of aromatic nitrogens is 1. The van der Waals surface area contributed by atoms with Crippen LogP contribution in [0.25, 0.3) is 10.9 Å². The molecule has 3 rings (SSSR count). The summed E-state index contributed by atoms with van der Waals surface area (Å²) in [6.07, 6.45) is 0.842. The lowest BCUT2D eigenvalue weighted by Crippen LogP contribution is -2.25. The van der Waals surface area contributed by atoms with Gasteiger partial charge in [-0.15, -0.1) is 0 Å². The summed E-state index contributed by atoms with van der Waals surface area (Å²) in [5, 5.41) is 0.820. The van der Waals surface area contributed by atoms with Crippen LogP contribution in [0.4, 0.5) is 0 Å². The van der Waals surface area contributed by atoms with Crippen LogP contribution in [0.5, 0.6) is 5.75 Å². The Balaban J connectivity index is 1.71. The van der Waals surface area contributed by atoms with Crippen LogP contribution >= 0.6 is 0 Å². The van der Waals surface area contributed by atoms with Gasteiger partial charge in [0.25, 0.3) is 0 Å². The van der Waals surface area contributed by atoms with Crippen LogP contribution in [0, 0.1) is 6.92 Å². The molecular weight excluding hydrogens is 330 g/mol. The first-order valence-corrected chi connectivity index (χ1v) is 8.43. The highest BCUT2D eigenvalue weighted by Crippen LogP contribution is 2.22. The maximum atomic E-state index is 12.7. The van der Waals surface area contributed by atoms with Crippen molar-refractivity contribution in [1.82, 2.24) is 4.98 Å². The second-order valence-corrected chi connectivity index (χ2v) is 6.24. The molecule has 26 heavy (non-hydrogen) atoms. The average molecular weight is 351 g/mol. The normalized spacial score (nSPS) is 12.0. The average Bonchev–Trinajstić information content (AvgIpc) is 3.05. The Bertz CT molecular complexity index is 958. The predicted octanol–water partition coefficient (Wildman–Crippen LogP) is 3.84. The Morgan fingerprint density at radius 1 is 1.15 bits per heavy atom. The van der Waals surface area contributed by atoms with E-state index in [-0.39, 0.29) is 12.2 Å². The Labute approximate surface area is 151 Å². The topological polar surface area (TPSA) is 68.4 Å². The molecule has 0 radical (unpaired) electrons. The van der Waals surface area contributed by atoms with E-state index < -0.39 is 12.1 Å². The van der Waals surface area contributed by atoms with Crippen LogP contribution in [-0.2, 0) is 16.0 Å². The summed E-state index contributed by atoms with van der Waals surface area (Å²) in [7, 11) is 1.56. The molecule has 1 N–H and O–H groups in total. The van der Waals surface area contributed by atoms with Gasteiger partial charge in [0.15, 0.2) is 6.10 Å². The number of nitrogens with one attached hydrogen (secondary N) is 1. The molecule has 0 aliphatic rings. The number of carbonyl (C=O) groups excluding carboxylic acids is 2. The van der Waals surface area contributed by atoms with Crippen molar-refractivity contribution in [2.75, 3.05) is 7.11 Å². The van der Waals surface area contributed by atoms with Gasteiger partial charge in [0.05, 0.1) is 13.5 Å². The minimum atomic E-state index is -0.863. The van der Waals surface area contributed by atoms with Crippen LogP contribution in [-0.4, -0.2) is 30.0 Å². The van der Waals surface area contributed by atoms with Gasteiger partial charge in [-0.1, -0.05) is 35.9 Å². The highest BCUT2D eigenvalue weighted by atomic mass is 16.5. The number of fused-ring (bicyclic) bond motifs is 1. The number of Topliss-reactive ketones (excluding diaryl/α,β-unsaturated/α-hetero) is 1. The van der Waals surface area contributed by atoms with Crippen molar-refractivity contribution in [3.8, 4) is 5.75 Å². The number of aromatic amines is 1. The summed E-state index contributed by atoms with van der Waals surface area (Å²) in [5.74, 6) is -0.0650. The van der Waals surface area contributed by atoms with Gasteiger partial charge in [0.2, 0.25) is 5.78 Å². The molecule has 0 bridgehead atoms. The first-order chi connectivity index (χ1) is 12.5. The monoisotopic (exact) mass is 351 g/mol. The summed E-state index contributed by atoms with van der Waals surface area (Å²) < 4.78 is 10.7. The number of H-pyrrole nitrogens is 1. The molecule has 1 atom stereocenters. The first-order valence-electron chi connectivity index (χ1n) is 8.43. The molecule has 0 unspecified atom stereocenters. The molecule has 1 heterocycles. The summed E-state index contributed by atoms with van der Waals surface area (Å²) in [5.41, 5.74) is 3.16. The maximum Gasteiger partial charge on any atom is 0.311 e. The Kier molecular flexibility index (Phi) is 5.07. The summed E-state index contributed by atoms with van der Waals surface area (Å²) in [4.78, 5) is 28.0. The van der Waals surface area contributed by atoms with Gasteiger partial charge in [-0.05, 0) is 26.0 Å². The number of hydrogen-bond acceptors (Lipinski definition) is 4. The van der Waals surface area contributed by atoms with Crippen molar-refractivity contribution in [3.05, 3.63) is 65.4 Å². The summed E-state index contributed by atoms with van der Waals surface area (Å²) in [6, 6.07) is 13.1. The number of ether oxygens (including phenoxy) is 2. The minimum absolute atomic E-state index is 0.0519. The largest absolute Gasteiger partial charge is 0.496 e. The second-order valence-electron chi connectivity index (χ2n) is 6.24. The fourth-order valence-electron chi connectivity index (χ4n) is 2.99. The highest BCUT2D eigenvalue weighted by Gasteiger charge is 2.22. The van der Waals surface area contributed by atoms with Crippen LogP contribution in [0.1, 0.15) is 28.4 Å². The van der Waals surface area contributed by atoms with Gasteiger partial charge < -0.3 is 14.5 Å². The van der Waals surface area contributed by atoms with E-state index >= 15 is 0 Å². The van der Waals surface area contributed by atoms with Crippen molar-refractivity contribution in [2.24, 2.45) is 0 Å². The lowest BCUT2D eigenvalue weighted by Gasteiger charge is -2.13. The first kappa shape index (κ1) is 17.7. The Hall–Kier alpha value is -3.08. The standard InChI is InChI=1S/C21H21NO4/c1-13-8-9-19(25-3)15(10-13)11-20(23)26-14(2)21(24)17-12-22-18-7-5-4-6-16(17)18/h4-10,12,14,22H,11H2,1-3H3/t14-/m1/s1. The number of methoxy groups -OCH3 is 1. The molecular formula is C21H21NO4. The number of carbonyl (C=O) groups is 2. The fraction of sp³-hybridized carbons (Fsp3) is 0.238. The Morgan fingerprint density at radius 2 is 1.92 bits per heavy atom. The van der Waals surface area contributed by atoms with Gasteiger partial charge in [-0.3, -0.25) is 9.59 Å². The summed E-state index contributed by atoms with van der Waals surface area (Å²) >= 11 is 0. The van der Waals surface area contributed by atoms with E-state index in [4.69, 9.17) is 9.47 Å². The lowest BCUT2D eigenvalue weighted by atomic mass is 10.1. The van der Waals surface area contributed by atoms with E-state index in [0.29, 0.717) is 11.3 Å². The molecule has 1 aromatic heterocycles. The molecule has 0 fully saturated rings. The molecule has 0 amide bonds. The predicted molar refractivity (Wildman–Crippen MR) is 99.6 cm³/mol. The molecule has 134 valence electrons. The SMILES string of the molecule is COc1ccc(C)cc1CC(=O)O[C@H](C)C(=O)c1c[nH]c2ccccc12. The third-order valence-corrected chi connectivity index (χ3v) is 4.30. The zero-order chi connectivity index (χ0) is 18.7. The van der Waals surface area contributed by atoms with Crippen LogP contribution in [0.3, 0.4) is 0 Å².